The molecule has 1 aromatic heterocycles. The Hall–Kier alpha value is -2.74. The van der Waals surface area contributed by atoms with Gasteiger partial charge in [0.05, 0.1) is 18.3 Å². The zero-order valence-corrected chi connectivity index (χ0v) is 13.0. The number of hydrogen-bond acceptors (Lipinski definition) is 8. The number of benzene rings is 1. The Bertz CT molecular complexity index is 653. The topological polar surface area (TPSA) is 126 Å². The minimum Gasteiger partial charge on any atom is -0.454 e. The van der Waals surface area contributed by atoms with E-state index in [1.165, 1.54) is 0 Å². The Kier molecular flexibility index (Phi) is 5.42. The quantitative estimate of drug-likeness (QED) is 0.764. The number of hydrogen-bond donors (Lipinski definition) is 2. The van der Waals surface area contributed by atoms with Crippen molar-refractivity contribution in [1.29, 1.82) is 0 Å². The van der Waals surface area contributed by atoms with Gasteiger partial charge < -0.3 is 20.9 Å². The Morgan fingerprint density at radius 3 is 2.22 bits per heavy atom. The average Bonchev–Trinajstić information content (AvgIpc) is 2.50. The molecule has 23 heavy (non-hydrogen) atoms. The van der Waals surface area contributed by atoms with Crippen molar-refractivity contribution in [2.75, 3.05) is 11.5 Å². The van der Waals surface area contributed by atoms with E-state index in [1.807, 2.05) is 26.0 Å². The molecule has 8 nitrogen and oxygen atoms in total. The van der Waals surface area contributed by atoms with Crippen LogP contribution in [-0.4, -0.2) is 27.0 Å². The van der Waals surface area contributed by atoms with Gasteiger partial charge in [0.1, 0.15) is 0 Å². The molecule has 0 aliphatic carbocycles. The second-order valence-corrected chi connectivity index (χ2v) is 5.10. The number of carbonyl (C=O) groups is 1. The summed E-state index contributed by atoms with van der Waals surface area (Å²) in [4.78, 5) is 23.3. The van der Waals surface area contributed by atoms with E-state index < -0.39 is 5.97 Å². The largest absolute Gasteiger partial charge is 0.454 e. The van der Waals surface area contributed by atoms with Crippen LogP contribution in [0.15, 0.2) is 24.3 Å². The highest BCUT2D eigenvalue weighted by Crippen LogP contribution is 2.09. The first-order chi connectivity index (χ1) is 10.9. The average molecular weight is 317 g/mol. The normalized spacial score (nSPS) is 10.7. The molecule has 0 aliphatic heterocycles. The zero-order valence-electron chi connectivity index (χ0n) is 13.0. The number of nitrogens with two attached hydrogens (primary N) is 2. The third kappa shape index (κ3) is 5.19. The lowest BCUT2D eigenvalue weighted by atomic mass is 10.1. The fourth-order valence-electron chi connectivity index (χ4n) is 1.73. The van der Waals surface area contributed by atoms with E-state index in [2.05, 4.69) is 15.0 Å². The van der Waals surface area contributed by atoms with Crippen LogP contribution in [-0.2, 0) is 22.7 Å². The summed E-state index contributed by atoms with van der Waals surface area (Å²) in [7, 11) is 0. The molecule has 0 saturated heterocycles. The lowest BCUT2D eigenvalue weighted by Crippen LogP contribution is -2.11. The van der Waals surface area contributed by atoms with Crippen LogP contribution in [0, 0.1) is 0 Å². The molecule has 0 radical (unpaired) electrons. The maximum Gasteiger partial charge on any atom is 0.338 e. The fourth-order valence-corrected chi connectivity index (χ4v) is 1.73. The Labute approximate surface area is 133 Å². The predicted molar refractivity (Wildman–Crippen MR) is 84.1 cm³/mol. The van der Waals surface area contributed by atoms with Gasteiger partial charge in [0, 0.05) is 0 Å². The second kappa shape index (κ2) is 7.50. The third-order valence-electron chi connectivity index (χ3n) is 2.82. The molecule has 2 rings (SSSR count). The van der Waals surface area contributed by atoms with Crippen LogP contribution in [0.4, 0.5) is 11.9 Å². The third-order valence-corrected chi connectivity index (χ3v) is 2.82. The summed E-state index contributed by atoms with van der Waals surface area (Å²) in [5, 5.41) is 0. The van der Waals surface area contributed by atoms with Gasteiger partial charge in [0.25, 0.3) is 0 Å². The molecule has 0 unspecified atom stereocenters. The summed E-state index contributed by atoms with van der Waals surface area (Å²) in [6, 6.07) is 6.99. The molecule has 0 fully saturated rings. The van der Waals surface area contributed by atoms with Crippen molar-refractivity contribution in [3.05, 3.63) is 41.2 Å². The molecule has 0 amide bonds. The van der Waals surface area contributed by atoms with Gasteiger partial charge >= 0.3 is 5.97 Å². The SMILES string of the molecule is CC(C)OCc1ccc(C(=O)OCc2nc(N)nc(N)n2)cc1. The van der Waals surface area contributed by atoms with Crippen molar-refractivity contribution >= 4 is 17.9 Å². The number of ether oxygens (including phenoxy) is 2. The van der Waals surface area contributed by atoms with Crippen molar-refractivity contribution in [3.8, 4) is 0 Å². The van der Waals surface area contributed by atoms with Crippen LogP contribution in [0.1, 0.15) is 35.6 Å². The molecule has 4 N–H and O–H groups in total. The van der Waals surface area contributed by atoms with E-state index in [9.17, 15) is 4.79 Å². The Morgan fingerprint density at radius 2 is 1.65 bits per heavy atom. The Morgan fingerprint density at radius 1 is 1.04 bits per heavy atom. The van der Waals surface area contributed by atoms with E-state index >= 15 is 0 Å². The number of esters is 1. The molecular weight excluding hydrogens is 298 g/mol. The van der Waals surface area contributed by atoms with Gasteiger partial charge in [0.2, 0.25) is 11.9 Å². The van der Waals surface area contributed by atoms with Gasteiger partial charge in [-0.25, -0.2) is 4.79 Å². The van der Waals surface area contributed by atoms with Crippen LogP contribution in [0.5, 0.6) is 0 Å². The lowest BCUT2D eigenvalue weighted by Gasteiger charge is -2.08. The van der Waals surface area contributed by atoms with Gasteiger partial charge in [-0.1, -0.05) is 12.1 Å². The van der Waals surface area contributed by atoms with Crippen molar-refractivity contribution < 1.29 is 14.3 Å². The second-order valence-electron chi connectivity index (χ2n) is 5.10. The monoisotopic (exact) mass is 317 g/mol. The van der Waals surface area contributed by atoms with Crippen LogP contribution in [0.2, 0.25) is 0 Å². The van der Waals surface area contributed by atoms with Gasteiger partial charge in [-0.05, 0) is 31.5 Å². The summed E-state index contributed by atoms with van der Waals surface area (Å²) in [6.45, 7) is 4.29. The van der Waals surface area contributed by atoms with Gasteiger partial charge in [-0.2, -0.15) is 15.0 Å². The van der Waals surface area contributed by atoms with Crippen molar-refractivity contribution in [1.82, 2.24) is 15.0 Å². The maximum atomic E-state index is 12.0. The van der Waals surface area contributed by atoms with Crippen LogP contribution >= 0.6 is 0 Å². The highest BCUT2D eigenvalue weighted by Gasteiger charge is 2.10. The first-order valence-electron chi connectivity index (χ1n) is 7.07. The molecule has 0 spiro atoms. The van der Waals surface area contributed by atoms with E-state index in [-0.39, 0.29) is 30.4 Å². The van der Waals surface area contributed by atoms with Gasteiger partial charge in [-0.15, -0.1) is 0 Å². The maximum absolute atomic E-state index is 12.0. The summed E-state index contributed by atoms with van der Waals surface area (Å²) >= 11 is 0. The highest BCUT2D eigenvalue weighted by atomic mass is 16.5. The lowest BCUT2D eigenvalue weighted by molar-refractivity contribution is 0.0461. The zero-order chi connectivity index (χ0) is 16.8. The molecule has 0 bridgehead atoms. The number of anilines is 2. The van der Waals surface area contributed by atoms with E-state index in [0.717, 1.165) is 5.56 Å². The highest BCUT2D eigenvalue weighted by molar-refractivity contribution is 5.89. The number of nitrogen functional groups attached to an aromatic ring is 2. The van der Waals surface area contributed by atoms with E-state index in [4.69, 9.17) is 20.9 Å². The van der Waals surface area contributed by atoms with Crippen molar-refractivity contribution in [3.63, 3.8) is 0 Å². The predicted octanol–water partition coefficient (Wildman–Crippen LogP) is 1.32. The molecular formula is C15H19N5O3. The van der Waals surface area contributed by atoms with E-state index in [0.29, 0.717) is 12.2 Å². The summed E-state index contributed by atoms with van der Waals surface area (Å²) < 4.78 is 10.6. The van der Waals surface area contributed by atoms with E-state index in [1.54, 1.807) is 12.1 Å². The molecule has 1 heterocycles. The van der Waals surface area contributed by atoms with Gasteiger partial charge in [0.15, 0.2) is 12.4 Å². The first kappa shape index (κ1) is 16.6. The first-order valence-corrected chi connectivity index (χ1v) is 7.07. The fraction of sp³-hybridized carbons (Fsp3) is 0.333. The van der Waals surface area contributed by atoms with Gasteiger partial charge in [-0.3, -0.25) is 0 Å². The molecule has 0 saturated carbocycles. The molecule has 0 atom stereocenters. The minimum absolute atomic E-state index is 0.0157. The van der Waals surface area contributed by atoms with Crippen LogP contribution < -0.4 is 11.5 Å². The summed E-state index contributed by atoms with van der Waals surface area (Å²) in [5.74, 6) is -0.319. The summed E-state index contributed by atoms with van der Waals surface area (Å²) in [5.41, 5.74) is 12.3. The molecule has 122 valence electrons. The minimum atomic E-state index is -0.487. The molecule has 8 heteroatoms. The summed E-state index contributed by atoms with van der Waals surface area (Å²) in [6.07, 6.45) is 0.153. The van der Waals surface area contributed by atoms with Crippen LogP contribution in [0.25, 0.3) is 0 Å². The number of rotatable bonds is 6. The van der Waals surface area contributed by atoms with Crippen molar-refractivity contribution in [2.45, 2.75) is 33.2 Å². The number of nitrogens with zero attached hydrogens (tertiary/aromatic N) is 3. The standard InChI is InChI=1S/C15H19N5O3/c1-9(2)22-7-10-3-5-11(6-4-10)13(21)23-8-12-18-14(16)20-15(17)19-12/h3-6,9H,7-8H2,1-2H3,(H4,16,17,18,19,20). The molecule has 0 aliphatic rings. The molecule has 2 aromatic rings. The Balaban J connectivity index is 1.92. The molecule has 1 aromatic carbocycles. The number of aromatic nitrogens is 3. The number of carbonyl (C=O) groups excluding carboxylic acids is 1. The van der Waals surface area contributed by atoms with Crippen LogP contribution in [0.3, 0.4) is 0 Å². The van der Waals surface area contributed by atoms with Crippen molar-refractivity contribution in [2.24, 2.45) is 0 Å². The smallest absolute Gasteiger partial charge is 0.338 e.